The van der Waals surface area contributed by atoms with Crippen LogP contribution in [-0.4, -0.2) is 54.5 Å². The largest absolute Gasteiger partial charge is 0.340 e. The Kier molecular flexibility index (Phi) is 10.6. The molecule has 0 atom stereocenters. The summed E-state index contributed by atoms with van der Waals surface area (Å²) in [5, 5.41) is 0. The van der Waals surface area contributed by atoms with Gasteiger partial charge in [0.2, 0.25) is 5.91 Å². The minimum absolute atomic E-state index is 0. The van der Waals surface area contributed by atoms with E-state index in [2.05, 4.69) is 11.8 Å². The summed E-state index contributed by atoms with van der Waals surface area (Å²) >= 11 is 0. The Morgan fingerprint density at radius 3 is 2.14 bits per heavy atom. The van der Waals surface area contributed by atoms with Crippen LogP contribution in [0.4, 0.5) is 0 Å². The molecule has 0 aromatic heterocycles. The van der Waals surface area contributed by atoms with Gasteiger partial charge in [0, 0.05) is 38.6 Å². The molecule has 2 aliphatic rings. The van der Waals surface area contributed by atoms with Crippen LogP contribution >= 0.6 is 24.8 Å². The maximum absolute atomic E-state index is 11.9. The van der Waals surface area contributed by atoms with Crippen molar-refractivity contribution in [3.63, 3.8) is 0 Å². The van der Waals surface area contributed by atoms with E-state index >= 15 is 0 Å². The molecule has 1 saturated heterocycles. The van der Waals surface area contributed by atoms with Crippen molar-refractivity contribution in [1.29, 1.82) is 0 Å². The number of rotatable bonds is 4. The number of hydrogen-bond acceptors (Lipinski definition) is 3. The molecule has 6 heteroatoms. The van der Waals surface area contributed by atoms with Crippen molar-refractivity contribution < 1.29 is 4.79 Å². The van der Waals surface area contributed by atoms with Crippen LogP contribution in [0.5, 0.6) is 0 Å². The minimum Gasteiger partial charge on any atom is -0.340 e. The number of carbonyl (C=O) groups is 1. The summed E-state index contributed by atoms with van der Waals surface area (Å²) in [6.07, 6.45) is 6.89. The first kappa shape index (κ1) is 21.0. The maximum atomic E-state index is 11.9. The third-order valence-corrected chi connectivity index (χ3v) is 4.76. The van der Waals surface area contributed by atoms with Gasteiger partial charge in [-0.05, 0) is 44.6 Å². The normalized spacial score (nSPS) is 26.7. The topological polar surface area (TPSA) is 49.6 Å². The fourth-order valence-electron chi connectivity index (χ4n) is 3.36. The van der Waals surface area contributed by atoms with E-state index < -0.39 is 0 Å². The molecule has 0 aromatic rings. The van der Waals surface area contributed by atoms with E-state index in [1.807, 2.05) is 4.90 Å². The second-order valence-electron chi connectivity index (χ2n) is 6.22. The van der Waals surface area contributed by atoms with Crippen LogP contribution in [0.3, 0.4) is 0 Å². The van der Waals surface area contributed by atoms with Crippen LogP contribution in [0.1, 0.15) is 45.4 Å². The van der Waals surface area contributed by atoms with Gasteiger partial charge in [0.25, 0.3) is 0 Å². The van der Waals surface area contributed by atoms with Crippen molar-refractivity contribution in [3.8, 4) is 0 Å². The number of hydrogen-bond donors (Lipinski definition) is 1. The summed E-state index contributed by atoms with van der Waals surface area (Å²) in [4.78, 5) is 16.6. The second-order valence-corrected chi connectivity index (χ2v) is 6.22. The Labute approximate surface area is 141 Å². The molecule has 0 bridgehead atoms. The highest BCUT2D eigenvalue weighted by Crippen LogP contribution is 2.27. The summed E-state index contributed by atoms with van der Waals surface area (Å²) < 4.78 is 0. The molecule has 1 aliphatic heterocycles. The highest BCUT2D eigenvalue weighted by Gasteiger charge is 2.28. The molecule has 0 unspecified atom stereocenters. The predicted octanol–water partition coefficient (Wildman–Crippen LogP) is 2.29. The molecule has 4 nitrogen and oxygen atoms in total. The first-order valence-electron chi connectivity index (χ1n) is 7.92. The Hall–Kier alpha value is -0.0300. The van der Waals surface area contributed by atoms with Gasteiger partial charge in [0.15, 0.2) is 0 Å². The van der Waals surface area contributed by atoms with E-state index in [9.17, 15) is 4.79 Å². The molecular weight excluding hydrogens is 309 g/mol. The Morgan fingerprint density at radius 1 is 1.05 bits per heavy atom. The SMILES string of the molecule is CC1CCC(N2CCN(C(=O)CCCN)CC2)CC1.Cl.Cl. The lowest BCUT2D eigenvalue weighted by atomic mass is 9.86. The zero-order valence-corrected chi connectivity index (χ0v) is 14.8. The van der Waals surface area contributed by atoms with Crippen molar-refractivity contribution in [2.75, 3.05) is 32.7 Å². The summed E-state index contributed by atoms with van der Waals surface area (Å²) in [5.74, 6) is 1.21. The molecule has 2 rings (SSSR count). The molecule has 21 heavy (non-hydrogen) atoms. The van der Waals surface area contributed by atoms with Gasteiger partial charge in [-0.2, -0.15) is 0 Å². The van der Waals surface area contributed by atoms with E-state index in [1.54, 1.807) is 0 Å². The average Bonchev–Trinajstić information content (AvgIpc) is 2.46. The predicted molar refractivity (Wildman–Crippen MR) is 92.4 cm³/mol. The lowest BCUT2D eigenvalue weighted by Crippen LogP contribution is -2.52. The average molecular weight is 340 g/mol. The number of carbonyl (C=O) groups excluding carboxylic acids is 1. The van der Waals surface area contributed by atoms with Crippen molar-refractivity contribution >= 4 is 30.7 Å². The van der Waals surface area contributed by atoms with Crippen LogP contribution in [0.15, 0.2) is 0 Å². The van der Waals surface area contributed by atoms with E-state index in [4.69, 9.17) is 5.73 Å². The van der Waals surface area contributed by atoms with Gasteiger partial charge in [-0.3, -0.25) is 9.69 Å². The summed E-state index contributed by atoms with van der Waals surface area (Å²) in [7, 11) is 0. The van der Waals surface area contributed by atoms with Gasteiger partial charge >= 0.3 is 0 Å². The number of nitrogens with zero attached hydrogens (tertiary/aromatic N) is 2. The Balaban J connectivity index is 0.00000200. The highest BCUT2D eigenvalue weighted by molar-refractivity contribution is 5.85. The van der Waals surface area contributed by atoms with Crippen LogP contribution in [0.2, 0.25) is 0 Å². The molecule has 0 aromatic carbocycles. The van der Waals surface area contributed by atoms with Crippen molar-refractivity contribution in [2.24, 2.45) is 11.7 Å². The first-order valence-corrected chi connectivity index (χ1v) is 7.92. The molecule has 0 radical (unpaired) electrons. The fourth-order valence-corrected chi connectivity index (χ4v) is 3.36. The third-order valence-electron chi connectivity index (χ3n) is 4.76. The van der Waals surface area contributed by atoms with Crippen LogP contribution in [-0.2, 0) is 4.79 Å². The first-order chi connectivity index (χ1) is 9.20. The molecule has 1 amide bonds. The van der Waals surface area contributed by atoms with Crippen molar-refractivity contribution in [1.82, 2.24) is 9.80 Å². The number of piperazine rings is 1. The van der Waals surface area contributed by atoms with Gasteiger partial charge in [-0.15, -0.1) is 24.8 Å². The van der Waals surface area contributed by atoms with Crippen molar-refractivity contribution in [3.05, 3.63) is 0 Å². The minimum atomic E-state index is 0. The lowest BCUT2D eigenvalue weighted by molar-refractivity contribution is -0.133. The lowest BCUT2D eigenvalue weighted by Gasteiger charge is -2.41. The zero-order valence-electron chi connectivity index (χ0n) is 13.1. The molecule has 0 spiro atoms. The standard InChI is InChI=1S/C15H29N3O.2ClH/c1-13-4-6-14(7-5-13)17-9-11-18(12-10-17)15(19)3-2-8-16;;/h13-14H,2-12,16H2,1H3;2*1H. The number of nitrogens with two attached hydrogens (primary N) is 1. The maximum Gasteiger partial charge on any atom is 0.222 e. The zero-order chi connectivity index (χ0) is 13.7. The smallest absolute Gasteiger partial charge is 0.222 e. The summed E-state index contributed by atoms with van der Waals surface area (Å²) in [6.45, 7) is 6.93. The van der Waals surface area contributed by atoms with E-state index in [0.29, 0.717) is 18.9 Å². The van der Waals surface area contributed by atoms with Crippen LogP contribution in [0.25, 0.3) is 0 Å². The molecule has 1 saturated carbocycles. The van der Waals surface area contributed by atoms with Crippen LogP contribution < -0.4 is 5.73 Å². The van der Waals surface area contributed by atoms with Crippen LogP contribution in [0, 0.1) is 5.92 Å². The fraction of sp³-hybridized carbons (Fsp3) is 0.933. The van der Waals surface area contributed by atoms with Crippen molar-refractivity contribution in [2.45, 2.75) is 51.5 Å². The quantitative estimate of drug-likeness (QED) is 0.854. The van der Waals surface area contributed by atoms with Gasteiger partial charge in [-0.25, -0.2) is 0 Å². The summed E-state index contributed by atoms with van der Waals surface area (Å²) in [6, 6.07) is 0.775. The van der Waals surface area contributed by atoms with Gasteiger partial charge in [0.1, 0.15) is 0 Å². The number of amides is 1. The van der Waals surface area contributed by atoms with E-state index in [-0.39, 0.29) is 24.8 Å². The Bertz CT molecular complexity index is 289. The number of halogens is 2. The highest BCUT2D eigenvalue weighted by atomic mass is 35.5. The van der Waals surface area contributed by atoms with E-state index in [0.717, 1.165) is 44.6 Å². The molecule has 2 fully saturated rings. The second kappa shape index (κ2) is 10.7. The molecule has 1 aliphatic carbocycles. The van der Waals surface area contributed by atoms with Gasteiger partial charge in [0.05, 0.1) is 0 Å². The summed E-state index contributed by atoms with van der Waals surface area (Å²) in [5.41, 5.74) is 5.46. The van der Waals surface area contributed by atoms with Gasteiger partial charge in [-0.1, -0.05) is 6.92 Å². The molecule has 2 N–H and O–H groups in total. The molecule has 1 heterocycles. The molecule has 126 valence electrons. The third kappa shape index (κ3) is 6.31. The monoisotopic (exact) mass is 339 g/mol. The van der Waals surface area contributed by atoms with Gasteiger partial charge < -0.3 is 10.6 Å². The molecular formula is C15H31Cl2N3O. The van der Waals surface area contributed by atoms with E-state index in [1.165, 1.54) is 25.7 Å². The Morgan fingerprint density at radius 2 is 1.62 bits per heavy atom.